The molecule has 212 valence electrons. The SMILES string of the molecule is COc1ccc(S(=O)(=O)N(CC(=O)N(Cc2ccccc2)[C@@H](C)C(=O)NC2CCCC2)c2ccc(C)cc2)cc1. The fourth-order valence-corrected chi connectivity index (χ4v) is 6.28. The van der Waals surface area contributed by atoms with Gasteiger partial charge in [0, 0.05) is 12.6 Å². The molecular weight excluding hydrogens is 526 g/mol. The molecule has 1 fully saturated rings. The van der Waals surface area contributed by atoms with Crippen molar-refractivity contribution in [1.82, 2.24) is 10.2 Å². The summed E-state index contributed by atoms with van der Waals surface area (Å²) >= 11 is 0. The number of carbonyl (C=O) groups excluding carboxylic acids is 2. The van der Waals surface area contributed by atoms with Crippen LogP contribution in [0.3, 0.4) is 0 Å². The Bertz CT molecular complexity index is 1390. The molecule has 4 rings (SSSR count). The van der Waals surface area contributed by atoms with Crippen LogP contribution >= 0.6 is 0 Å². The lowest BCUT2D eigenvalue weighted by atomic mass is 10.1. The first-order valence-corrected chi connectivity index (χ1v) is 15.0. The Morgan fingerprint density at radius 1 is 0.950 bits per heavy atom. The van der Waals surface area contributed by atoms with E-state index in [-0.39, 0.29) is 23.4 Å². The van der Waals surface area contributed by atoms with Gasteiger partial charge in [-0.3, -0.25) is 13.9 Å². The number of methoxy groups -OCH3 is 1. The van der Waals surface area contributed by atoms with E-state index in [4.69, 9.17) is 4.74 Å². The summed E-state index contributed by atoms with van der Waals surface area (Å²) in [7, 11) is -2.62. The molecule has 0 saturated heterocycles. The van der Waals surface area contributed by atoms with Gasteiger partial charge in [-0.2, -0.15) is 0 Å². The van der Waals surface area contributed by atoms with Crippen molar-refractivity contribution in [2.24, 2.45) is 0 Å². The number of aryl methyl sites for hydroxylation is 1. The van der Waals surface area contributed by atoms with Crippen molar-refractivity contribution in [3.63, 3.8) is 0 Å². The number of ether oxygens (including phenoxy) is 1. The van der Waals surface area contributed by atoms with E-state index in [0.29, 0.717) is 11.4 Å². The zero-order valence-electron chi connectivity index (χ0n) is 23.2. The summed E-state index contributed by atoms with van der Waals surface area (Å²) < 4.78 is 34.1. The van der Waals surface area contributed by atoms with E-state index in [9.17, 15) is 18.0 Å². The number of hydrogen-bond donors (Lipinski definition) is 1. The molecule has 1 N–H and O–H groups in total. The molecule has 0 aliphatic heterocycles. The third-order valence-electron chi connectivity index (χ3n) is 7.31. The summed E-state index contributed by atoms with van der Waals surface area (Å²) in [5.41, 5.74) is 2.16. The number of carbonyl (C=O) groups is 2. The molecule has 8 nitrogen and oxygen atoms in total. The number of hydrogen-bond acceptors (Lipinski definition) is 5. The number of benzene rings is 3. The van der Waals surface area contributed by atoms with Crippen molar-refractivity contribution in [3.05, 3.63) is 90.0 Å². The second-order valence-electron chi connectivity index (χ2n) is 10.2. The zero-order chi connectivity index (χ0) is 28.7. The Balaban J connectivity index is 1.66. The third kappa shape index (κ3) is 7.01. The van der Waals surface area contributed by atoms with Crippen LogP contribution in [0.2, 0.25) is 0 Å². The van der Waals surface area contributed by atoms with Gasteiger partial charge in [0.25, 0.3) is 10.0 Å². The highest BCUT2D eigenvalue weighted by molar-refractivity contribution is 7.92. The highest BCUT2D eigenvalue weighted by Crippen LogP contribution is 2.26. The smallest absolute Gasteiger partial charge is 0.264 e. The lowest BCUT2D eigenvalue weighted by molar-refractivity contribution is -0.139. The predicted octanol–water partition coefficient (Wildman–Crippen LogP) is 4.68. The van der Waals surface area contributed by atoms with Crippen LogP contribution in [0.15, 0.2) is 83.8 Å². The fraction of sp³-hybridized carbons (Fsp3) is 0.355. The molecule has 3 aromatic carbocycles. The summed E-state index contributed by atoms with van der Waals surface area (Å²) in [6.45, 7) is 3.30. The minimum atomic E-state index is -4.13. The second-order valence-corrected chi connectivity index (χ2v) is 12.1. The van der Waals surface area contributed by atoms with E-state index in [1.165, 1.54) is 24.1 Å². The minimum Gasteiger partial charge on any atom is -0.497 e. The topological polar surface area (TPSA) is 96.0 Å². The molecule has 0 bridgehead atoms. The van der Waals surface area contributed by atoms with Gasteiger partial charge >= 0.3 is 0 Å². The molecule has 0 radical (unpaired) electrons. The lowest BCUT2D eigenvalue weighted by Gasteiger charge is -2.32. The molecule has 9 heteroatoms. The predicted molar refractivity (Wildman–Crippen MR) is 156 cm³/mol. The summed E-state index contributed by atoms with van der Waals surface area (Å²) in [6.07, 6.45) is 3.99. The standard InChI is InChI=1S/C31H37N3O5S/c1-23-13-15-27(16-14-23)34(40(37,38)29-19-17-28(39-3)18-20-29)22-30(35)33(21-25-9-5-4-6-10-25)24(2)31(36)32-26-11-7-8-12-26/h4-6,9-10,13-20,24,26H,7-8,11-12,21-22H2,1-3H3,(H,32,36)/t24-/m0/s1. The maximum absolute atomic E-state index is 14.0. The van der Waals surface area contributed by atoms with Crippen LogP contribution in [0.25, 0.3) is 0 Å². The molecule has 1 aliphatic carbocycles. The first-order chi connectivity index (χ1) is 19.2. The number of anilines is 1. The van der Waals surface area contributed by atoms with Gasteiger partial charge in [-0.05, 0) is 68.7 Å². The van der Waals surface area contributed by atoms with Gasteiger partial charge in [0.15, 0.2) is 0 Å². The molecule has 1 atom stereocenters. The summed E-state index contributed by atoms with van der Waals surface area (Å²) in [6, 6.07) is 21.7. The summed E-state index contributed by atoms with van der Waals surface area (Å²) in [5.74, 6) is -0.195. The monoisotopic (exact) mass is 563 g/mol. The van der Waals surface area contributed by atoms with Crippen LogP contribution in [0.5, 0.6) is 5.75 Å². The van der Waals surface area contributed by atoms with Crippen molar-refractivity contribution in [2.45, 2.75) is 63.1 Å². The normalized spacial score (nSPS) is 14.4. The molecule has 1 saturated carbocycles. The minimum absolute atomic E-state index is 0.0308. The molecule has 0 heterocycles. The van der Waals surface area contributed by atoms with E-state index in [0.717, 1.165) is 41.1 Å². The van der Waals surface area contributed by atoms with Gasteiger partial charge < -0.3 is 15.0 Å². The summed E-state index contributed by atoms with van der Waals surface area (Å²) in [4.78, 5) is 28.7. The summed E-state index contributed by atoms with van der Waals surface area (Å²) in [5, 5.41) is 3.08. The quantitative estimate of drug-likeness (QED) is 0.366. The Morgan fingerprint density at radius 3 is 2.17 bits per heavy atom. The Kier molecular flexibility index (Phi) is 9.47. The van der Waals surface area contributed by atoms with Gasteiger partial charge in [-0.25, -0.2) is 8.42 Å². The van der Waals surface area contributed by atoms with Crippen molar-refractivity contribution < 1.29 is 22.7 Å². The number of rotatable bonds is 11. The van der Waals surface area contributed by atoms with Crippen LogP contribution in [0.4, 0.5) is 5.69 Å². The van der Waals surface area contributed by atoms with Crippen molar-refractivity contribution in [2.75, 3.05) is 18.0 Å². The molecule has 0 aromatic heterocycles. The average Bonchev–Trinajstić information content (AvgIpc) is 3.48. The number of sulfonamides is 1. The molecule has 1 aliphatic rings. The van der Waals surface area contributed by atoms with E-state index >= 15 is 0 Å². The van der Waals surface area contributed by atoms with Crippen molar-refractivity contribution >= 4 is 27.5 Å². The van der Waals surface area contributed by atoms with E-state index < -0.39 is 28.5 Å². The lowest BCUT2D eigenvalue weighted by Crippen LogP contribution is -2.52. The van der Waals surface area contributed by atoms with Crippen LogP contribution in [-0.2, 0) is 26.2 Å². The van der Waals surface area contributed by atoms with Gasteiger partial charge in [0.05, 0.1) is 17.7 Å². The first-order valence-electron chi connectivity index (χ1n) is 13.6. The number of amides is 2. The maximum Gasteiger partial charge on any atom is 0.264 e. The van der Waals surface area contributed by atoms with Crippen LogP contribution in [0.1, 0.15) is 43.7 Å². The van der Waals surface area contributed by atoms with Gasteiger partial charge in [-0.1, -0.05) is 60.9 Å². The van der Waals surface area contributed by atoms with Crippen molar-refractivity contribution in [1.29, 1.82) is 0 Å². The van der Waals surface area contributed by atoms with Crippen molar-refractivity contribution in [3.8, 4) is 5.75 Å². The molecular formula is C31H37N3O5S. The maximum atomic E-state index is 14.0. The molecule has 0 unspecified atom stereocenters. The molecule has 0 spiro atoms. The average molecular weight is 564 g/mol. The van der Waals surface area contributed by atoms with Crippen LogP contribution in [-0.4, -0.2) is 50.9 Å². The van der Waals surface area contributed by atoms with Crippen LogP contribution < -0.4 is 14.4 Å². The highest BCUT2D eigenvalue weighted by atomic mass is 32.2. The number of nitrogens with zero attached hydrogens (tertiary/aromatic N) is 2. The highest BCUT2D eigenvalue weighted by Gasteiger charge is 2.33. The Labute approximate surface area is 237 Å². The zero-order valence-corrected chi connectivity index (χ0v) is 24.1. The van der Waals surface area contributed by atoms with E-state index in [1.807, 2.05) is 37.3 Å². The van der Waals surface area contributed by atoms with Gasteiger partial charge in [0.2, 0.25) is 11.8 Å². The second kappa shape index (κ2) is 13.0. The molecule has 3 aromatic rings. The van der Waals surface area contributed by atoms with E-state index in [1.54, 1.807) is 43.3 Å². The number of nitrogens with one attached hydrogen (secondary N) is 1. The molecule has 2 amide bonds. The largest absolute Gasteiger partial charge is 0.497 e. The fourth-order valence-electron chi connectivity index (χ4n) is 4.87. The van der Waals surface area contributed by atoms with Gasteiger partial charge in [0.1, 0.15) is 18.3 Å². The van der Waals surface area contributed by atoms with Gasteiger partial charge in [-0.15, -0.1) is 0 Å². The third-order valence-corrected chi connectivity index (χ3v) is 9.10. The van der Waals surface area contributed by atoms with Crippen LogP contribution in [0, 0.1) is 6.92 Å². The Hall–Kier alpha value is -3.85. The molecule has 40 heavy (non-hydrogen) atoms. The van der Waals surface area contributed by atoms with E-state index in [2.05, 4.69) is 5.32 Å². The Morgan fingerprint density at radius 2 is 1.57 bits per heavy atom. The first kappa shape index (κ1) is 29.1.